The topological polar surface area (TPSA) is 118 Å². The van der Waals surface area contributed by atoms with E-state index in [-0.39, 0.29) is 18.1 Å². The SMILES string of the molecule is CN1CCCC1C1(Oc2nc3c(c(N4CCN(C(=O)O)C(CC#N)C4)n2)CCNC3)CC1. The molecule has 3 fully saturated rings. The number of piperazine rings is 1. The zero-order valence-electron chi connectivity index (χ0n) is 18.6. The highest BCUT2D eigenvalue weighted by Crippen LogP contribution is 2.47. The van der Waals surface area contributed by atoms with Crippen LogP contribution in [0.4, 0.5) is 10.6 Å². The van der Waals surface area contributed by atoms with Gasteiger partial charge in [0, 0.05) is 37.8 Å². The number of amides is 1. The lowest BCUT2D eigenvalue weighted by Gasteiger charge is -2.40. The summed E-state index contributed by atoms with van der Waals surface area (Å²) in [6, 6.07) is 2.60. The number of likely N-dealkylation sites (tertiary alicyclic amines) is 1. The first-order valence-corrected chi connectivity index (χ1v) is 11.6. The largest absolute Gasteiger partial charge is 0.465 e. The number of aromatic nitrogens is 2. The van der Waals surface area contributed by atoms with E-state index in [1.165, 1.54) is 11.3 Å². The summed E-state index contributed by atoms with van der Waals surface area (Å²) in [5.41, 5.74) is 1.88. The maximum atomic E-state index is 11.6. The molecule has 2 saturated heterocycles. The fourth-order valence-corrected chi connectivity index (χ4v) is 5.59. The Morgan fingerprint density at radius 1 is 1.34 bits per heavy atom. The lowest BCUT2D eigenvalue weighted by Crippen LogP contribution is -2.55. The Kier molecular flexibility index (Phi) is 5.55. The molecule has 3 aliphatic heterocycles. The molecule has 32 heavy (non-hydrogen) atoms. The molecule has 0 radical (unpaired) electrons. The third-order valence-electron chi connectivity index (χ3n) is 7.41. The molecule has 0 spiro atoms. The molecule has 10 heteroatoms. The van der Waals surface area contributed by atoms with E-state index in [1.807, 2.05) is 0 Å². The van der Waals surface area contributed by atoms with Gasteiger partial charge >= 0.3 is 12.1 Å². The van der Waals surface area contributed by atoms with Crippen LogP contribution < -0.4 is 15.0 Å². The second-order valence-electron chi connectivity index (χ2n) is 9.43. The van der Waals surface area contributed by atoms with Gasteiger partial charge in [0.2, 0.25) is 0 Å². The van der Waals surface area contributed by atoms with Crippen LogP contribution >= 0.6 is 0 Å². The summed E-state index contributed by atoms with van der Waals surface area (Å²) >= 11 is 0. The average Bonchev–Trinajstić information content (AvgIpc) is 3.42. The van der Waals surface area contributed by atoms with Crippen molar-refractivity contribution >= 4 is 11.9 Å². The van der Waals surface area contributed by atoms with E-state index in [0.29, 0.717) is 38.2 Å². The zero-order valence-corrected chi connectivity index (χ0v) is 18.6. The van der Waals surface area contributed by atoms with E-state index in [4.69, 9.17) is 14.7 Å². The number of fused-ring (bicyclic) bond motifs is 1. The van der Waals surface area contributed by atoms with Crippen LogP contribution in [0.25, 0.3) is 0 Å². The van der Waals surface area contributed by atoms with Crippen LogP contribution in [0.1, 0.15) is 43.4 Å². The smallest absolute Gasteiger partial charge is 0.407 e. The number of nitriles is 1. The van der Waals surface area contributed by atoms with Crippen LogP contribution in [-0.4, -0.2) is 88.4 Å². The summed E-state index contributed by atoms with van der Waals surface area (Å²) in [4.78, 5) is 27.2. The summed E-state index contributed by atoms with van der Waals surface area (Å²) < 4.78 is 6.52. The number of carboxylic acid groups (broad SMARTS) is 1. The Bertz CT molecular complexity index is 929. The second kappa shape index (κ2) is 8.37. The number of rotatable bonds is 5. The molecule has 1 aromatic heterocycles. The number of hydrogen-bond donors (Lipinski definition) is 2. The van der Waals surface area contributed by atoms with Gasteiger partial charge in [-0.2, -0.15) is 15.2 Å². The van der Waals surface area contributed by atoms with Crippen molar-refractivity contribution in [1.29, 1.82) is 5.26 Å². The van der Waals surface area contributed by atoms with Crippen molar-refractivity contribution in [2.75, 3.05) is 44.7 Å². The Labute approximate surface area is 188 Å². The van der Waals surface area contributed by atoms with Gasteiger partial charge in [0.1, 0.15) is 11.4 Å². The van der Waals surface area contributed by atoms with E-state index in [1.54, 1.807) is 0 Å². The maximum absolute atomic E-state index is 11.6. The predicted octanol–water partition coefficient (Wildman–Crippen LogP) is 1.21. The molecule has 1 aromatic rings. The highest BCUT2D eigenvalue weighted by atomic mass is 16.5. The minimum atomic E-state index is -0.973. The van der Waals surface area contributed by atoms with Crippen LogP contribution in [-0.2, 0) is 13.0 Å². The molecule has 10 nitrogen and oxygen atoms in total. The number of anilines is 1. The van der Waals surface area contributed by atoms with Gasteiger partial charge in [0.15, 0.2) is 0 Å². The number of likely N-dealkylation sites (N-methyl/N-ethyl adjacent to an activating group) is 1. The number of carbonyl (C=O) groups is 1. The van der Waals surface area contributed by atoms with E-state index in [9.17, 15) is 15.2 Å². The van der Waals surface area contributed by atoms with Crippen molar-refractivity contribution < 1.29 is 14.6 Å². The van der Waals surface area contributed by atoms with Gasteiger partial charge in [-0.15, -0.1) is 0 Å². The molecule has 0 bridgehead atoms. The van der Waals surface area contributed by atoms with Crippen molar-refractivity contribution in [2.24, 2.45) is 0 Å². The first kappa shape index (κ1) is 21.2. The molecule has 1 amide bonds. The van der Waals surface area contributed by atoms with Crippen molar-refractivity contribution in [1.82, 2.24) is 25.1 Å². The number of nitrogens with zero attached hydrogens (tertiary/aromatic N) is 6. The fraction of sp³-hybridized carbons (Fsp3) is 0.727. The number of ether oxygens (including phenoxy) is 1. The predicted molar refractivity (Wildman–Crippen MR) is 117 cm³/mol. The molecule has 5 rings (SSSR count). The zero-order chi connectivity index (χ0) is 22.3. The molecular weight excluding hydrogens is 410 g/mol. The van der Waals surface area contributed by atoms with Crippen LogP contribution in [0.3, 0.4) is 0 Å². The summed E-state index contributed by atoms with van der Waals surface area (Å²) in [5.74, 6) is 0.843. The molecule has 0 aromatic carbocycles. The van der Waals surface area contributed by atoms with E-state index < -0.39 is 6.09 Å². The molecule has 2 N–H and O–H groups in total. The molecule has 4 aliphatic rings. The van der Waals surface area contributed by atoms with Gasteiger partial charge in [0.25, 0.3) is 0 Å². The van der Waals surface area contributed by atoms with Crippen molar-refractivity contribution in [3.05, 3.63) is 11.3 Å². The van der Waals surface area contributed by atoms with Gasteiger partial charge in [-0.25, -0.2) is 4.79 Å². The highest BCUT2D eigenvalue weighted by molar-refractivity contribution is 5.66. The van der Waals surface area contributed by atoms with Crippen molar-refractivity contribution in [3.63, 3.8) is 0 Å². The summed E-state index contributed by atoms with van der Waals surface area (Å²) in [6.45, 7) is 3.98. The van der Waals surface area contributed by atoms with Crippen LogP contribution in [0.5, 0.6) is 6.01 Å². The first-order valence-electron chi connectivity index (χ1n) is 11.6. The molecule has 4 heterocycles. The van der Waals surface area contributed by atoms with Crippen molar-refractivity contribution in [2.45, 2.75) is 62.8 Å². The van der Waals surface area contributed by atoms with Crippen molar-refractivity contribution in [3.8, 4) is 12.1 Å². The van der Waals surface area contributed by atoms with Gasteiger partial charge in [-0.3, -0.25) is 4.90 Å². The Balaban J connectivity index is 1.43. The van der Waals surface area contributed by atoms with E-state index in [2.05, 4.69) is 28.2 Å². The van der Waals surface area contributed by atoms with Crippen LogP contribution in [0.2, 0.25) is 0 Å². The summed E-state index contributed by atoms with van der Waals surface area (Å²) in [7, 11) is 2.17. The maximum Gasteiger partial charge on any atom is 0.407 e. The lowest BCUT2D eigenvalue weighted by molar-refractivity contribution is 0.0757. The Morgan fingerprint density at radius 3 is 2.88 bits per heavy atom. The van der Waals surface area contributed by atoms with Gasteiger partial charge in [0.05, 0.1) is 24.2 Å². The molecule has 1 saturated carbocycles. The van der Waals surface area contributed by atoms with Gasteiger partial charge < -0.3 is 25.0 Å². The normalized spacial score (nSPS) is 27.0. The number of nitrogens with one attached hydrogen (secondary N) is 1. The minimum absolute atomic E-state index is 0.165. The summed E-state index contributed by atoms with van der Waals surface area (Å²) in [6.07, 6.45) is 4.40. The van der Waals surface area contributed by atoms with E-state index >= 15 is 0 Å². The van der Waals surface area contributed by atoms with Gasteiger partial charge in [-0.1, -0.05) is 0 Å². The van der Waals surface area contributed by atoms with Crippen LogP contribution in [0, 0.1) is 11.3 Å². The third-order valence-corrected chi connectivity index (χ3v) is 7.41. The van der Waals surface area contributed by atoms with E-state index in [0.717, 1.165) is 55.8 Å². The molecule has 1 aliphatic carbocycles. The molecule has 2 atom stereocenters. The molecule has 172 valence electrons. The molecular formula is C22H31N7O3. The quantitative estimate of drug-likeness (QED) is 0.695. The Hall–Kier alpha value is -2.64. The highest BCUT2D eigenvalue weighted by Gasteiger charge is 2.55. The average molecular weight is 442 g/mol. The summed E-state index contributed by atoms with van der Waals surface area (Å²) in [5, 5.41) is 22.1. The second-order valence-corrected chi connectivity index (χ2v) is 9.43. The number of hydrogen-bond acceptors (Lipinski definition) is 8. The molecule has 2 unspecified atom stereocenters. The van der Waals surface area contributed by atoms with Gasteiger partial charge in [-0.05, 0) is 52.2 Å². The minimum Gasteiger partial charge on any atom is -0.465 e. The fourth-order valence-electron chi connectivity index (χ4n) is 5.59. The standard InChI is InChI=1S/C22H31N7O3/c1-27-10-2-3-18(27)22(6-7-22)32-20-25-17-13-24-9-5-16(17)19(26-20)28-11-12-29(21(30)31)15(14-28)4-8-23/h15,18,24H,2-7,9-14H2,1H3,(H,30,31). The monoisotopic (exact) mass is 441 g/mol. The van der Waals surface area contributed by atoms with Crippen LogP contribution in [0.15, 0.2) is 0 Å². The first-order chi connectivity index (χ1) is 15.5. The lowest BCUT2D eigenvalue weighted by atomic mass is 10.0. The third kappa shape index (κ3) is 3.84. The Morgan fingerprint density at radius 2 is 2.19 bits per heavy atom.